The van der Waals surface area contributed by atoms with E-state index in [4.69, 9.17) is 0 Å². The Balaban J connectivity index is 2.08. The van der Waals surface area contributed by atoms with Crippen LogP contribution in [0.2, 0.25) is 0 Å². The minimum Gasteiger partial charge on any atom is -0.297 e. The lowest BCUT2D eigenvalue weighted by Gasteiger charge is -2.12. The highest BCUT2D eigenvalue weighted by Crippen LogP contribution is 2.13. The van der Waals surface area contributed by atoms with E-state index in [2.05, 4.69) is 30.9 Å². The lowest BCUT2D eigenvalue weighted by Crippen LogP contribution is -2.15. The zero-order valence-electron chi connectivity index (χ0n) is 10.6. The fraction of sp³-hybridized carbons (Fsp3) is 0.923. The van der Waals surface area contributed by atoms with Gasteiger partial charge in [0.2, 0.25) is 0 Å². The molecule has 0 saturated carbocycles. The van der Waals surface area contributed by atoms with Gasteiger partial charge in [-0.25, -0.2) is 0 Å². The molecule has 1 aliphatic heterocycles. The minimum absolute atomic E-state index is 0.634. The second kappa shape index (κ2) is 6.86. The average Bonchev–Trinajstić information content (AvgIpc) is 2.66. The summed E-state index contributed by atoms with van der Waals surface area (Å²) in [5.74, 6) is 0.634. The Kier molecular flexibility index (Phi) is 5.74. The normalized spacial score (nSPS) is 16.3. The Hall–Kier alpha value is -0.530. The summed E-state index contributed by atoms with van der Waals surface area (Å²) in [7, 11) is 0. The first-order valence-corrected chi connectivity index (χ1v) is 6.56. The highest BCUT2D eigenvalue weighted by molar-refractivity contribution is 5.87. The van der Waals surface area contributed by atoms with Crippen LogP contribution in [0.3, 0.4) is 0 Å². The molecule has 0 N–H and O–H groups in total. The third-order valence-corrected chi connectivity index (χ3v) is 3.08. The number of hydrogen-bond donors (Lipinski definition) is 0. The molecule has 2 nitrogen and oxygen atoms in total. The van der Waals surface area contributed by atoms with Gasteiger partial charge in [0.1, 0.15) is 0 Å². The second-order valence-electron chi connectivity index (χ2n) is 4.86. The van der Waals surface area contributed by atoms with E-state index < -0.39 is 0 Å². The maximum absolute atomic E-state index is 4.66. The van der Waals surface area contributed by atoms with Gasteiger partial charge < -0.3 is 0 Å². The molecule has 0 radical (unpaired) electrons. The van der Waals surface area contributed by atoms with Gasteiger partial charge in [0.15, 0.2) is 0 Å². The maximum atomic E-state index is 4.66. The van der Waals surface area contributed by atoms with Crippen molar-refractivity contribution < 1.29 is 0 Å². The quantitative estimate of drug-likeness (QED) is 0.585. The van der Waals surface area contributed by atoms with E-state index in [1.165, 1.54) is 50.8 Å². The van der Waals surface area contributed by atoms with Crippen LogP contribution in [0.5, 0.6) is 0 Å². The first-order valence-electron chi connectivity index (χ1n) is 6.56. The monoisotopic (exact) mass is 210 g/mol. The molecule has 0 aliphatic carbocycles. The standard InChI is InChI=1S/C13H26N2/c1-4-5-6-7-8-10-15-11-9-13(14-15)12(2)3/h12H,4-11H2,1-3H3. The van der Waals surface area contributed by atoms with E-state index in [0.29, 0.717) is 5.92 Å². The molecule has 0 bridgehead atoms. The largest absolute Gasteiger partial charge is 0.297 e. The molecule has 15 heavy (non-hydrogen) atoms. The van der Waals surface area contributed by atoms with Gasteiger partial charge in [-0.2, -0.15) is 5.10 Å². The summed E-state index contributed by atoms with van der Waals surface area (Å²) in [6, 6.07) is 0. The smallest absolute Gasteiger partial charge is 0.0424 e. The van der Waals surface area contributed by atoms with Crippen molar-refractivity contribution in [3.63, 3.8) is 0 Å². The number of hydrazone groups is 1. The highest BCUT2D eigenvalue weighted by atomic mass is 15.5. The van der Waals surface area contributed by atoms with Crippen LogP contribution in [0.15, 0.2) is 5.10 Å². The summed E-state index contributed by atoms with van der Waals surface area (Å²) >= 11 is 0. The van der Waals surface area contributed by atoms with E-state index in [1.54, 1.807) is 0 Å². The van der Waals surface area contributed by atoms with Gasteiger partial charge >= 0.3 is 0 Å². The van der Waals surface area contributed by atoms with Crippen LogP contribution in [0.25, 0.3) is 0 Å². The van der Waals surface area contributed by atoms with E-state index >= 15 is 0 Å². The zero-order chi connectivity index (χ0) is 11.1. The SMILES string of the molecule is CCCCCCCN1CCC(C(C)C)=N1. The summed E-state index contributed by atoms with van der Waals surface area (Å²) < 4.78 is 0. The van der Waals surface area contributed by atoms with Gasteiger partial charge in [-0.05, 0) is 12.3 Å². The van der Waals surface area contributed by atoms with Crippen molar-refractivity contribution in [2.75, 3.05) is 13.1 Å². The van der Waals surface area contributed by atoms with Gasteiger partial charge in [-0.1, -0.05) is 46.5 Å². The molecule has 0 fully saturated rings. The summed E-state index contributed by atoms with van der Waals surface area (Å²) in [6.07, 6.45) is 7.99. The minimum atomic E-state index is 0.634. The number of nitrogens with zero attached hydrogens (tertiary/aromatic N) is 2. The number of hydrogen-bond acceptors (Lipinski definition) is 2. The lowest BCUT2D eigenvalue weighted by atomic mass is 10.1. The predicted molar refractivity (Wildman–Crippen MR) is 67.2 cm³/mol. The van der Waals surface area contributed by atoms with Gasteiger partial charge in [0.05, 0.1) is 0 Å². The zero-order valence-corrected chi connectivity index (χ0v) is 10.6. The molecule has 88 valence electrons. The van der Waals surface area contributed by atoms with E-state index in [0.717, 1.165) is 6.54 Å². The van der Waals surface area contributed by atoms with Crippen molar-refractivity contribution in [3.8, 4) is 0 Å². The number of rotatable bonds is 7. The molecule has 0 saturated heterocycles. The van der Waals surface area contributed by atoms with Crippen LogP contribution in [0.4, 0.5) is 0 Å². The summed E-state index contributed by atoms with van der Waals surface area (Å²) in [5, 5.41) is 6.92. The molecule has 1 aliphatic rings. The van der Waals surface area contributed by atoms with Crippen LogP contribution >= 0.6 is 0 Å². The fourth-order valence-electron chi connectivity index (χ4n) is 1.99. The van der Waals surface area contributed by atoms with Crippen molar-refractivity contribution in [3.05, 3.63) is 0 Å². The molecule has 0 aromatic rings. The summed E-state index contributed by atoms with van der Waals surface area (Å²) in [4.78, 5) is 0. The van der Waals surface area contributed by atoms with Crippen molar-refractivity contribution in [2.45, 2.75) is 59.3 Å². The Bertz CT molecular complexity index is 197. The Morgan fingerprint density at radius 2 is 1.93 bits per heavy atom. The van der Waals surface area contributed by atoms with Crippen LogP contribution in [0.1, 0.15) is 59.3 Å². The van der Waals surface area contributed by atoms with Crippen molar-refractivity contribution in [1.29, 1.82) is 0 Å². The van der Waals surface area contributed by atoms with Gasteiger partial charge in [0, 0.05) is 25.2 Å². The molecule has 0 atom stereocenters. The Morgan fingerprint density at radius 3 is 2.53 bits per heavy atom. The molecule has 2 heteroatoms. The Labute approximate surface area is 94.7 Å². The summed E-state index contributed by atoms with van der Waals surface area (Å²) in [5.41, 5.74) is 1.39. The van der Waals surface area contributed by atoms with Gasteiger partial charge in [-0.15, -0.1) is 0 Å². The predicted octanol–water partition coefficient (Wildman–Crippen LogP) is 3.67. The van der Waals surface area contributed by atoms with E-state index in [-0.39, 0.29) is 0 Å². The first kappa shape index (κ1) is 12.5. The van der Waals surface area contributed by atoms with Crippen molar-refractivity contribution in [1.82, 2.24) is 5.01 Å². The first-order chi connectivity index (χ1) is 7.24. The molecular weight excluding hydrogens is 184 g/mol. The lowest BCUT2D eigenvalue weighted by molar-refractivity contribution is 0.308. The molecule has 1 rings (SSSR count). The number of unbranched alkanes of at least 4 members (excludes halogenated alkanes) is 4. The van der Waals surface area contributed by atoms with E-state index in [9.17, 15) is 0 Å². The second-order valence-corrected chi connectivity index (χ2v) is 4.86. The third kappa shape index (κ3) is 4.67. The molecule has 0 spiro atoms. The topological polar surface area (TPSA) is 15.6 Å². The molecule has 0 unspecified atom stereocenters. The molecule has 0 aromatic heterocycles. The van der Waals surface area contributed by atoms with Crippen LogP contribution in [-0.4, -0.2) is 23.8 Å². The Morgan fingerprint density at radius 1 is 1.20 bits per heavy atom. The summed E-state index contributed by atoms with van der Waals surface area (Å²) in [6.45, 7) is 9.06. The van der Waals surface area contributed by atoms with Gasteiger partial charge in [0.25, 0.3) is 0 Å². The van der Waals surface area contributed by atoms with Crippen molar-refractivity contribution in [2.24, 2.45) is 11.0 Å². The fourth-order valence-corrected chi connectivity index (χ4v) is 1.99. The van der Waals surface area contributed by atoms with Crippen LogP contribution in [-0.2, 0) is 0 Å². The highest BCUT2D eigenvalue weighted by Gasteiger charge is 2.15. The molecule has 0 aromatic carbocycles. The third-order valence-electron chi connectivity index (χ3n) is 3.08. The van der Waals surface area contributed by atoms with Crippen molar-refractivity contribution >= 4 is 5.71 Å². The van der Waals surface area contributed by atoms with Crippen LogP contribution < -0.4 is 0 Å². The average molecular weight is 210 g/mol. The molecule has 1 heterocycles. The maximum Gasteiger partial charge on any atom is 0.0424 e. The molecule has 0 amide bonds. The van der Waals surface area contributed by atoms with Crippen LogP contribution in [0, 0.1) is 5.92 Å². The van der Waals surface area contributed by atoms with E-state index in [1.807, 2.05) is 0 Å². The van der Waals surface area contributed by atoms with Gasteiger partial charge in [-0.3, -0.25) is 5.01 Å². The molecular formula is C13H26N2.